The minimum Gasteiger partial charge on any atom is -0.394 e. The highest BCUT2D eigenvalue weighted by Crippen LogP contribution is 2.26. The van der Waals surface area contributed by atoms with E-state index in [0.29, 0.717) is 43.7 Å². The number of aromatic nitrogens is 1. The maximum atomic E-state index is 14.3. The number of nitrogens with one attached hydrogen (secondary N) is 4. The van der Waals surface area contributed by atoms with E-state index in [1.54, 1.807) is 6.92 Å². The minimum atomic E-state index is -1.24. The van der Waals surface area contributed by atoms with Crippen LogP contribution >= 0.6 is 11.8 Å². The molecule has 0 unspecified atom stereocenters. The average Bonchev–Trinajstić information content (AvgIpc) is 3.61. The number of aliphatic hydroxyl groups excluding tert-OH is 1. The zero-order valence-electron chi connectivity index (χ0n) is 34.7. The van der Waals surface area contributed by atoms with Gasteiger partial charge in [0.25, 0.3) is 0 Å². The Kier molecular flexibility index (Phi) is 19.9. The van der Waals surface area contributed by atoms with Gasteiger partial charge in [-0.2, -0.15) is 11.8 Å². The predicted octanol–water partition coefficient (Wildman–Crippen LogP) is 2.37. The molecule has 5 amide bonds. The second-order valence-electron chi connectivity index (χ2n) is 15.7. The van der Waals surface area contributed by atoms with Crippen molar-refractivity contribution in [2.24, 2.45) is 35.1 Å². The van der Waals surface area contributed by atoms with Gasteiger partial charge >= 0.3 is 0 Å². The Morgan fingerprint density at radius 2 is 1.66 bits per heavy atom. The first-order chi connectivity index (χ1) is 27.6. The number of primary amides is 1. The van der Waals surface area contributed by atoms with Crippen molar-refractivity contribution >= 4 is 63.8 Å². The number of aromatic amines is 1. The number of ketones is 2. The minimum absolute atomic E-state index is 0.0630. The number of aliphatic hydroxyl groups is 1. The first-order valence-electron chi connectivity index (χ1n) is 20.6. The number of H-pyrrole nitrogens is 1. The van der Waals surface area contributed by atoms with Crippen LogP contribution in [0.1, 0.15) is 91.0 Å². The number of nitrogens with two attached hydrogens (primary N) is 2. The Hall–Kier alpha value is -4.28. The van der Waals surface area contributed by atoms with Gasteiger partial charge in [-0.15, -0.1) is 0 Å². The van der Waals surface area contributed by atoms with Crippen molar-refractivity contribution < 1.29 is 38.7 Å². The third-order valence-electron chi connectivity index (χ3n) is 11.5. The lowest BCUT2D eigenvalue weighted by molar-refractivity contribution is -0.140. The fraction of sp³-hybridized carbons (Fsp3) is 0.643. The Balaban J connectivity index is 2.04. The maximum Gasteiger partial charge on any atom is 0.245 e. The number of nitrogens with zero attached hydrogens (tertiary/aromatic N) is 1. The van der Waals surface area contributed by atoms with Crippen LogP contribution in [-0.4, -0.2) is 112 Å². The Labute approximate surface area is 346 Å². The van der Waals surface area contributed by atoms with Gasteiger partial charge in [0.15, 0.2) is 11.6 Å². The van der Waals surface area contributed by atoms with Gasteiger partial charge in [0, 0.05) is 67.9 Å². The maximum absolute atomic E-state index is 14.3. The van der Waals surface area contributed by atoms with Crippen LogP contribution in [0.5, 0.6) is 0 Å². The molecule has 0 radical (unpaired) electrons. The molecule has 1 saturated heterocycles. The highest BCUT2D eigenvalue weighted by atomic mass is 32.2. The van der Waals surface area contributed by atoms with Crippen molar-refractivity contribution in [2.45, 2.75) is 116 Å². The summed E-state index contributed by atoms with van der Waals surface area (Å²) in [6.45, 7) is 7.47. The SMILES string of the molecule is CC[C@@H](C)[C@@H]1NC(=O)[C@H]([C@@H](C)CC)CC(=O)[C@@H](Cc2c[nH]c3ccccc23)NC(=O)CCSCC[C@@H](C(=O)N(C)[C@H](CO)CCCN)NC(=O)[C@H](CC(N)=O)CC1=O. The summed E-state index contributed by atoms with van der Waals surface area (Å²) in [4.78, 5) is 101. The van der Waals surface area contributed by atoms with Crippen molar-refractivity contribution in [3.05, 3.63) is 36.0 Å². The number of hydrogen-bond donors (Lipinski definition) is 7. The van der Waals surface area contributed by atoms with E-state index in [9.17, 15) is 38.7 Å². The van der Waals surface area contributed by atoms with E-state index in [2.05, 4.69) is 20.9 Å². The first kappa shape index (κ1) is 48.1. The Morgan fingerprint density at radius 1 is 0.948 bits per heavy atom. The fourth-order valence-electron chi connectivity index (χ4n) is 7.34. The number of fused-ring (bicyclic) bond motifs is 1. The van der Waals surface area contributed by atoms with E-state index in [1.807, 2.05) is 51.2 Å². The number of carbonyl (C=O) groups is 7. The van der Waals surface area contributed by atoms with Gasteiger partial charge in [0.1, 0.15) is 6.04 Å². The highest BCUT2D eigenvalue weighted by Gasteiger charge is 2.37. The van der Waals surface area contributed by atoms with Crippen molar-refractivity contribution in [3.63, 3.8) is 0 Å². The van der Waals surface area contributed by atoms with E-state index in [-0.39, 0.29) is 55.8 Å². The summed E-state index contributed by atoms with van der Waals surface area (Å²) in [5.41, 5.74) is 13.0. The van der Waals surface area contributed by atoms with Crippen LogP contribution in [0.25, 0.3) is 10.9 Å². The van der Waals surface area contributed by atoms with E-state index in [4.69, 9.17) is 11.5 Å². The topological polar surface area (TPSA) is 247 Å². The largest absolute Gasteiger partial charge is 0.394 e. The van der Waals surface area contributed by atoms with Gasteiger partial charge in [-0.05, 0) is 55.0 Å². The van der Waals surface area contributed by atoms with Crippen LogP contribution in [0.4, 0.5) is 0 Å². The molecule has 1 aliphatic heterocycles. The van der Waals surface area contributed by atoms with Gasteiger partial charge < -0.3 is 42.4 Å². The Morgan fingerprint density at radius 3 is 2.31 bits per heavy atom. The number of thioether (sulfide) groups is 1. The molecular weight excluding hydrogens is 763 g/mol. The number of likely N-dealkylation sites (N-methyl/N-ethyl adjacent to an activating group) is 1. The number of rotatable bonds is 14. The van der Waals surface area contributed by atoms with Crippen LogP contribution < -0.4 is 27.4 Å². The molecule has 2 aromatic rings. The van der Waals surface area contributed by atoms with Gasteiger partial charge in [0.2, 0.25) is 29.5 Å². The molecule has 3 rings (SSSR count). The fourth-order valence-corrected chi connectivity index (χ4v) is 8.27. The summed E-state index contributed by atoms with van der Waals surface area (Å²) in [5, 5.41) is 19.6. The molecule has 0 aliphatic carbocycles. The van der Waals surface area contributed by atoms with Crippen molar-refractivity contribution in [1.82, 2.24) is 25.8 Å². The second-order valence-corrected chi connectivity index (χ2v) is 16.9. The van der Waals surface area contributed by atoms with E-state index >= 15 is 0 Å². The summed E-state index contributed by atoms with van der Waals surface area (Å²) >= 11 is 1.38. The smallest absolute Gasteiger partial charge is 0.245 e. The lowest BCUT2D eigenvalue weighted by atomic mass is 9.83. The highest BCUT2D eigenvalue weighted by molar-refractivity contribution is 7.99. The number of benzene rings is 1. The first-order valence-corrected chi connectivity index (χ1v) is 21.7. The van der Waals surface area contributed by atoms with E-state index in [1.165, 1.54) is 23.7 Å². The summed E-state index contributed by atoms with van der Waals surface area (Å²) in [6, 6.07) is 4.01. The van der Waals surface area contributed by atoms with Crippen LogP contribution in [0.2, 0.25) is 0 Å². The van der Waals surface area contributed by atoms with E-state index in [0.717, 1.165) is 16.5 Å². The third kappa shape index (κ3) is 13.9. The molecule has 2 heterocycles. The number of Topliss-reactive ketones (excluding diaryl/α,β-unsaturated/α-hetero) is 2. The molecule has 0 saturated carbocycles. The predicted molar refractivity (Wildman–Crippen MR) is 225 cm³/mol. The molecule has 322 valence electrons. The van der Waals surface area contributed by atoms with Crippen molar-refractivity contribution in [3.8, 4) is 0 Å². The number of hydrogen-bond acceptors (Lipinski definition) is 10. The molecule has 0 spiro atoms. The molecule has 1 fully saturated rings. The molecule has 8 atom stereocenters. The Bertz CT molecular complexity index is 1720. The van der Waals surface area contributed by atoms with Crippen LogP contribution in [-0.2, 0) is 40.0 Å². The van der Waals surface area contributed by atoms with Crippen LogP contribution in [0, 0.1) is 23.7 Å². The van der Waals surface area contributed by atoms with Crippen LogP contribution in [0.3, 0.4) is 0 Å². The van der Waals surface area contributed by atoms with Crippen molar-refractivity contribution in [2.75, 3.05) is 31.7 Å². The van der Waals surface area contributed by atoms with Gasteiger partial charge in [-0.1, -0.05) is 58.7 Å². The zero-order chi connectivity index (χ0) is 42.9. The quantitative estimate of drug-likeness (QED) is 0.147. The summed E-state index contributed by atoms with van der Waals surface area (Å²) in [6.07, 6.45) is 3.17. The molecular formula is C42H65N7O8S. The third-order valence-corrected chi connectivity index (χ3v) is 12.5. The van der Waals surface area contributed by atoms with Gasteiger partial charge in [0.05, 0.1) is 30.7 Å². The zero-order valence-corrected chi connectivity index (χ0v) is 35.5. The molecule has 0 bridgehead atoms. The molecule has 16 heteroatoms. The lowest BCUT2D eigenvalue weighted by Crippen LogP contribution is -2.53. The van der Waals surface area contributed by atoms with Crippen LogP contribution in [0.15, 0.2) is 30.5 Å². The standard InChI is InChI=1S/C42H65N7O8S/c1-6-25(3)31-22-35(51)34(19-28-23-45-32-13-9-8-12-30(28)32)46-38(54)15-18-58-17-14-33(42(57)49(5)29(24-50)11-10-16-43)47-40(55)27(21-37(44)53)20-36(52)39(26(4)7-2)48-41(31)56/h8-9,12-13,23,25-27,29,31,33-34,39,45,50H,6-7,10-11,14-22,24,43H2,1-5H3,(H2,44,53)(H,46,54)(H,47,55)(H,48,56)/t25-,26+,27-,29-,31-,33-,34+,39-/m0/s1. The monoisotopic (exact) mass is 827 g/mol. The summed E-state index contributed by atoms with van der Waals surface area (Å²) < 4.78 is 0. The lowest BCUT2D eigenvalue weighted by Gasteiger charge is -2.32. The number of carbonyl (C=O) groups excluding carboxylic acids is 7. The molecule has 15 nitrogen and oxygen atoms in total. The van der Waals surface area contributed by atoms with E-state index < -0.39 is 78.3 Å². The average molecular weight is 828 g/mol. The molecule has 9 N–H and O–H groups in total. The summed E-state index contributed by atoms with van der Waals surface area (Å²) in [7, 11) is 1.53. The van der Waals surface area contributed by atoms with Gasteiger partial charge in [-0.25, -0.2) is 0 Å². The molecule has 1 aliphatic rings. The van der Waals surface area contributed by atoms with Gasteiger partial charge in [-0.3, -0.25) is 33.6 Å². The molecule has 1 aromatic carbocycles. The number of amides is 5. The molecule has 58 heavy (non-hydrogen) atoms. The van der Waals surface area contributed by atoms with Crippen molar-refractivity contribution in [1.29, 1.82) is 0 Å². The number of para-hydroxylation sites is 1. The molecule has 1 aromatic heterocycles. The normalized spacial score (nSPS) is 23.9. The second kappa shape index (κ2) is 24.0. The summed E-state index contributed by atoms with van der Waals surface area (Å²) in [5.74, 6) is -5.70.